The molecule has 51 heavy (non-hydrogen) atoms. The van der Waals surface area contributed by atoms with Crippen molar-refractivity contribution < 1.29 is 37.9 Å². The summed E-state index contributed by atoms with van der Waals surface area (Å²) in [6.45, 7) is 3.70. The van der Waals surface area contributed by atoms with E-state index in [9.17, 15) is 14.2 Å². The lowest BCUT2D eigenvalue weighted by Crippen LogP contribution is -2.29. The maximum absolute atomic E-state index is 12.4. The van der Waals surface area contributed by atoms with Crippen molar-refractivity contribution in [2.45, 2.75) is 232 Å². The van der Waals surface area contributed by atoms with Gasteiger partial charge in [0, 0.05) is 12.8 Å². The normalized spacial score (nSPS) is 12.5. The summed E-state index contributed by atoms with van der Waals surface area (Å²) in [6.07, 6.45) is 42.2. The quantitative estimate of drug-likeness (QED) is 0.0275. The Hall–Kier alpha value is -1.21. The molecular formula is C42H81O8P. The van der Waals surface area contributed by atoms with E-state index in [4.69, 9.17) is 19.3 Å². The number of rotatable bonds is 40. The number of esters is 2. The summed E-state index contributed by atoms with van der Waals surface area (Å²) >= 11 is 0. The predicted molar refractivity (Wildman–Crippen MR) is 212 cm³/mol. The zero-order chi connectivity index (χ0) is 37.5. The second-order valence-electron chi connectivity index (χ2n) is 14.7. The molecule has 0 unspecified atom stereocenters. The van der Waals surface area contributed by atoms with Gasteiger partial charge in [-0.3, -0.25) is 14.1 Å². The summed E-state index contributed by atoms with van der Waals surface area (Å²) in [5.41, 5.74) is 0. The first-order valence-electron chi connectivity index (χ1n) is 21.5. The van der Waals surface area contributed by atoms with Gasteiger partial charge in [-0.1, -0.05) is 187 Å². The number of hydrogen-bond donors (Lipinski definition) is 2. The highest BCUT2D eigenvalue weighted by Crippen LogP contribution is 2.36. The molecule has 9 heteroatoms. The van der Waals surface area contributed by atoms with E-state index in [-0.39, 0.29) is 19.4 Å². The van der Waals surface area contributed by atoms with E-state index in [1.807, 2.05) is 0 Å². The first-order valence-corrected chi connectivity index (χ1v) is 23.0. The van der Waals surface area contributed by atoms with Crippen molar-refractivity contribution in [3.05, 3.63) is 12.2 Å². The van der Waals surface area contributed by atoms with Gasteiger partial charge >= 0.3 is 19.8 Å². The fraction of sp³-hybridized carbons (Fsp3) is 0.905. The van der Waals surface area contributed by atoms with Gasteiger partial charge in [-0.2, -0.15) is 0 Å². The van der Waals surface area contributed by atoms with Crippen molar-refractivity contribution in [2.75, 3.05) is 13.2 Å². The van der Waals surface area contributed by atoms with E-state index < -0.39 is 32.5 Å². The van der Waals surface area contributed by atoms with Crippen LogP contribution in [0.5, 0.6) is 0 Å². The second-order valence-corrected chi connectivity index (χ2v) is 15.9. The minimum atomic E-state index is -4.75. The van der Waals surface area contributed by atoms with Crippen molar-refractivity contribution in [1.82, 2.24) is 0 Å². The minimum Gasteiger partial charge on any atom is -0.462 e. The summed E-state index contributed by atoms with van der Waals surface area (Å²) in [5.74, 6) is -0.878. The minimum absolute atomic E-state index is 0.217. The maximum atomic E-state index is 12.4. The van der Waals surface area contributed by atoms with Crippen molar-refractivity contribution in [3.8, 4) is 0 Å². The summed E-state index contributed by atoms with van der Waals surface area (Å²) in [7, 11) is -4.75. The van der Waals surface area contributed by atoms with Crippen molar-refractivity contribution in [3.63, 3.8) is 0 Å². The Kier molecular flexibility index (Phi) is 37.6. The average molecular weight is 745 g/mol. The first kappa shape index (κ1) is 49.8. The van der Waals surface area contributed by atoms with Gasteiger partial charge in [0.25, 0.3) is 0 Å². The van der Waals surface area contributed by atoms with Crippen molar-refractivity contribution >= 4 is 19.8 Å². The lowest BCUT2D eigenvalue weighted by Gasteiger charge is -2.18. The predicted octanol–water partition coefficient (Wildman–Crippen LogP) is 13.0. The standard InChI is InChI=1S/C42H81O8P/c1-3-5-7-9-11-13-15-17-19-20-21-22-23-25-26-28-30-32-34-36-41(43)48-38-40(39-49-51(45,46)47)50-42(44)37-35-33-31-29-27-24-18-16-14-12-10-8-6-4-2/h20-21,40H,3-19,22-39H2,1-2H3,(H2,45,46,47)/b21-20-/t40-/m1/s1. The summed E-state index contributed by atoms with van der Waals surface area (Å²) in [6, 6.07) is 0. The fourth-order valence-electron chi connectivity index (χ4n) is 6.31. The zero-order valence-corrected chi connectivity index (χ0v) is 34.2. The monoisotopic (exact) mass is 745 g/mol. The van der Waals surface area contributed by atoms with Gasteiger partial charge in [-0.25, -0.2) is 4.57 Å². The highest BCUT2D eigenvalue weighted by atomic mass is 31.2. The molecule has 0 saturated carbocycles. The van der Waals surface area contributed by atoms with E-state index in [1.54, 1.807) is 0 Å². The van der Waals surface area contributed by atoms with Gasteiger partial charge in [0.15, 0.2) is 6.10 Å². The van der Waals surface area contributed by atoms with Crippen LogP contribution in [0.1, 0.15) is 226 Å². The van der Waals surface area contributed by atoms with Gasteiger partial charge in [-0.15, -0.1) is 0 Å². The molecule has 1 atom stereocenters. The summed E-state index contributed by atoms with van der Waals surface area (Å²) < 4.78 is 26.4. The van der Waals surface area contributed by atoms with Gasteiger partial charge in [0.1, 0.15) is 6.61 Å². The average Bonchev–Trinajstić information content (AvgIpc) is 3.10. The molecule has 302 valence electrons. The van der Waals surface area contributed by atoms with E-state index in [0.29, 0.717) is 6.42 Å². The van der Waals surface area contributed by atoms with Crippen LogP contribution in [0.2, 0.25) is 0 Å². The lowest BCUT2D eigenvalue weighted by atomic mass is 10.0. The van der Waals surface area contributed by atoms with E-state index in [0.717, 1.165) is 51.4 Å². The molecule has 0 fully saturated rings. The van der Waals surface area contributed by atoms with Crippen LogP contribution in [-0.2, 0) is 28.2 Å². The number of carbonyl (C=O) groups is 2. The molecule has 0 radical (unpaired) electrons. The van der Waals surface area contributed by atoms with Crippen LogP contribution < -0.4 is 0 Å². The molecule has 0 aromatic heterocycles. The van der Waals surface area contributed by atoms with Crippen LogP contribution in [0.25, 0.3) is 0 Å². The third-order valence-electron chi connectivity index (χ3n) is 9.53. The molecule has 8 nitrogen and oxygen atoms in total. The summed E-state index contributed by atoms with van der Waals surface area (Å²) in [5, 5.41) is 0. The zero-order valence-electron chi connectivity index (χ0n) is 33.3. The van der Waals surface area contributed by atoms with Crippen LogP contribution in [0.15, 0.2) is 12.2 Å². The highest BCUT2D eigenvalue weighted by molar-refractivity contribution is 7.46. The Bertz CT molecular complexity index is 843. The van der Waals surface area contributed by atoms with Crippen LogP contribution >= 0.6 is 7.82 Å². The van der Waals surface area contributed by atoms with Crippen LogP contribution in [0.3, 0.4) is 0 Å². The summed E-state index contributed by atoms with van der Waals surface area (Å²) in [4.78, 5) is 42.8. The SMILES string of the molecule is CCCCCCCCCC/C=C\CCCCCCCCCC(=O)OC[C@H](COP(=O)(O)O)OC(=O)CCCCCCCCCCCCCCCC. The van der Waals surface area contributed by atoms with E-state index >= 15 is 0 Å². The number of hydrogen-bond acceptors (Lipinski definition) is 6. The molecule has 0 aliphatic rings. The van der Waals surface area contributed by atoms with Crippen molar-refractivity contribution in [2.24, 2.45) is 0 Å². The second kappa shape index (κ2) is 38.5. The maximum Gasteiger partial charge on any atom is 0.469 e. The molecule has 0 aliphatic heterocycles. The third-order valence-corrected chi connectivity index (χ3v) is 10.0. The molecule has 0 bridgehead atoms. The molecular weight excluding hydrogens is 663 g/mol. The van der Waals surface area contributed by atoms with E-state index in [2.05, 4.69) is 30.5 Å². The molecule has 0 aromatic rings. The van der Waals surface area contributed by atoms with Crippen molar-refractivity contribution in [1.29, 1.82) is 0 Å². The Morgan fingerprint density at radius 2 is 0.824 bits per heavy atom. The number of phosphoric acid groups is 1. The number of ether oxygens (including phenoxy) is 2. The largest absolute Gasteiger partial charge is 0.469 e. The fourth-order valence-corrected chi connectivity index (χ4v) is 6.67. The third kappa shape index (κ3) is 41.4. The first-order chi connectivity index (χ1) is 24.8. The van der Waals surface area contributed by atoms with Crippen LogP contribution in [0, 0.1) is 0 Å². The van der Waals surface area contributed by atoms with Gasteiger partial charge in [-0.05, 0) is 38.5 Å². The topological polar surface area (TPSA) is 119 Å². The highest BCUT2D eigenvalue weighted by Gasteiger charge is 2.22. The molecule has 0 saturated heterocycles. The molecule has 0 amide bonds. The smallest absolute Gasteiger partial charge is 0.462 e. The molecule has 0 aliphatic carbocycles. The van der Waals surface area contributed by atoms with E-state index in [1.165, 1.54) is 141 Å². The molecule has 0 rings (SSSR count). The Morgan fingerprint density at radius 1 is 0.490 bits per heavy atom. The molecule has 2 N–H and O–H groups in total. The molecule has 0 spiro atoms. The van der Waals surface area contributed by atoms with Crippen LogP contribution in [-0.4, -0.2) is 41.0 Å². The Labute approximate surface area is 314 Å². The number of allylic oxidation sites excluding steroid dienone is 2. The van der Waals surface area contributed by atoms with Gasteiger partial charge in [0.2, 0.25) is 0 Å². The van der Waals surface area contributed by atoms with Crippen LogP contribution in [0.4, 0.5) is 0 Å². The van der Waals surface area contributed by atoms with Gasteiger partial charge < -0.3 is 19.3 Å². The van der Waals surface area contributed by atoms with Gasteiger partial charge in [0.05, 0.1) is 6.61 Å². The lowest BCUT2D eigenvalue weighted by molar-refractivity contribution is -0.161. The number of carbonyl (C=O) groups excluding carboxylic acids is 2. The number of unbranched alkanes of at least 4 members (excludes halogenated alkanes) is 28. The molecule has 0 aromatic carbocycles. The number of phosphoric ester groups is 1. The molecule has 0 heterocycles. The Morgan fingerprint density at radius 3 is 1.20 bits per heavy atom. The Balaban J connectivity index is 3.86.